The molecular weight excluding hydrogens is 208 g/mol. The van der Waals surface area contributed by atoms with Crippen molar-refractivity contribution in [2.45, 2.75) is 18.9 Å². The van der Waals surface area contributed by atoms with E-state index in [9.17, 15) is 0 Å². The molecule has 1 aromatic rings. The fourth-order valence-corrected chi connectivity index (χ4v) is 1.68. The lowest BCUT2D eigenvalue weighted by atomic mass is 10.7. The lowest BCUT2D eigenvalue weighted by Crippen LogP contribution is -1.98. The minimum absolute atomic E-state index is 0.613. The Kier molecular flexibility index (Phi) is 1.64. The van der Waals surface area contributed by atoms with Gasteiger partial charge in [-0.1, -0.05) is 0 Å². The van der Waals surface area contributed by atoms with E-state index in [2.05, 4.69) is 25.5 Å². The van der Waals surface area contributed by atoms with Gasteiger partial charge in [-0.2, -0.15) is 0 Å². The molecular formula is C7H9BrN2O. The zero-order valence-corrected chi connectivity index (χ0v) is 7.84. The van der Waals surface area contributed by atoms with E-state index in [1.165, 1.54) is 12.8 Å². The largest absolute Gasteiger partial charge is 0.468 e. The number of nitrogens with zero attached hydrogens (tertiary/aromatic N) is 2. The summed E-state index contributed by atoms with van der Waals surface area (Å²) in [4.78, 5) is 4.09. The Bertz CT molecular complexity index is 267. The quantitative estimate of drug-likeness (QED) is 0.757. The highest BCUT2D eigenvalue weighted by Crippen LogP contribution is 2.40. The summed E-state index contributed by atoms with van der Waals surface area (Å²) in [6.45, 7) is 0. The monoisotopic (exact) mass is 216 g/mol. The number of methoxy groups -OCH3 is 1. The molecule has 0 radical (unpaired) electrons. The van der Waals surface area contributed by atoms with Crippen LogP contribution in [0.5, 0.6) is 6.01 Å². The third-order valence-corrected chi connectivity index (χ3v) is 2.40. The Labute approximate surface area is 73.5 Å². The summed E-state index contributed by atoms with van der Waals surface area (Å²) >= 11 is 3.42. The Morgan fingerprint density at radius 3 is 3.00 bits per heavy atom. The Morgan fingerprint density at radius 1 is 1.73 bits per heavy atom. The van der Waals surface area contributed by atoms with Gasteiger partial charge in [0.15, 0.2) is 0 Å². The van der Waals surface area contributed by atoms with Gasteiger partial charge in [-0.15, -0.1) is 0 Å². The molecule has 1 fully saturated rings. The molecule has 0 aromatic carbocycles. The summed E-state index contributed by atoms with van der Waals surface area (Å²) in [5.41, 5.74) is 0. The lowest BCUT2D eigenvalue weighted by molar-refractivity contribution is 0.356. The Hall–Kier alpha value is -0.510. The van der Waals surface area contributed by atoms with E-state index in [4.69, 9.17) is 4.74 Å². The zero-order valence-electron chi connectivity index (χ0n) is 6.25. The maximum absolute atomic E-state index is 5.09. The van der Waals surface area contributed by atoms with Gasteiger partial charge in [-0.05, 0) is 28.8 Å². The van der Waals surface area contributed by atoms with E-state index >= 15 is 0 Å². The van der Waals surface area contributed by atoms with Crippen LogP contribution in [0.4, 0.5) is 0 Å². The van der Waals surface area contributed by atoms with Gasteiger partial charge in [0.25, 0.3) is 6.01 Å². The van der Waals surface area contributed by atoms with Gasteiger partial charge in [0.05, 0.1) is 13.3 Å². The fraction of sp³-hybridized carbons (Fsp3) is 0.571. The Morgan fingerprint density at radius 2 is 2.45 bits per heavy atom. The van der Waals surface area contributed by atoms with Crippen molar-refractivity contribution in [2.24, 2.45) is 0 Å². The third kappa shape index (κ3) is 1.15. The highest BCUT2D eigenvalue weighted by molar-refractivity contribution is 9.10. The van der Waals surface area contributed by atoms with Gasteiger partial charge in [0.1, 0.15) is 4.60 Å². The highest BCUT2D eigenvalue weighted by atomic mass is 79.9. The first-order chi connectivity index (χ1) is 5.33. The van der Waals surface area contributed by atoms with Crippen LogP contribution in [-0.4, -0.2) is 16.7 Å². The second-order valence-corrected chi connectivity index (χ2v) is 3.48. The summed E-state index contributed by atoms with van der Waals surface area (Å²) in [5, 5.41) is 0. The van der Waals surface area contributed by atoms with Crippen LogP contribution in [0.1, 0.15) is 18.9 Å². The second-order valence-electron chi connectivity index (χ2n) is 2.67. The fourth-order valence-electron chi connectivity index (χ4n) is 1.14. The van der Waals surface area contributed by atoms with Crippen molar-refractivity contribution < 1.29 is 4.74 Å². The predicted octanol–water partition coefficient (Wildman–Crippen LogP) is 1.99. The topological polar surface area (TPSA) is 27.1 Å². The van der Waals surface area contributed by atoms with E-state index in [0.29, 0.717) is 12.1 Å². The van der Waals surface area contributed by atoms with Gasteiger partial charge in [-0.25, -0.2) is 4.98 Å². The first kappa shape index (κ1) is 7.16. The molecule has 0 spiro atoms. The van der Waals surface area contributed by atoms with Crippen molar-refractivity contribution in [3.05, 3.63) is 10.8 Å². The number of imidazole rings is 1. The van der Waals surface area contributed by atoms with Crippen molar-refractivity contribution >= 4 is 15.9 Å². The maximum Gasteiger partial charge on any atom is 0.297 e. The van der Waals surface area contributed by atoms with Crippen LogP contribution >= 0.6 is 15.9 Å². The molecule has 0 atom stereocenters. The van der Waals surface area contributed by atoms with Gasteiger partial charge in [0.2, 0.25) is 0 Å². The number of hydrogen-bond donors (Lipinski definition) is 0. The van der Waals surface area contributed by atoms with Crippen molar-refractivity contribution in [1.82, 2.24) is 9.55 Å². The average Bonchev–Trinajstić information content (AvgIpc) is 2.76. The number of ether oxygens (including phenoxy) is 1. The van der Waals surface area contributed by atoms with E-state index < -0.39 is 0 Å². The minimum atomic E-state index is 0.613. The summed E-state index contributed by atoms with van der Waals surface area (Å²) in [6, 6.07) is 1.32. The van der Waals surface area contributed by atoms with Gasteiger partial charge >= 0.3 is 0 Å². The second kappa shape index (κ2) is 2.52. The molecule has 3 nitrogen and oxygen atoms in total. The third-order valence-electron chi connectivity index (χ3n) is 1.81. The summed E-state index contributed by atoms with van der Waals surface area (Å²) < 4.78 is 8.18. The van der Waals surface area contributed by atoms with E-state index in [-0.39, 0.29) is 0 Å². The van der Waals surface area contributed by atoms with Crippen LogP contribution in [0.25, 0.3) is 0 Å². The molecule has 0 bridgehead atoms. The van der Waals surface area contributed by atoms with Crippen LogP contribution in [0.2, 0.25) is 0 Å². The van der Waals surface area contributed by atoms with Crippen LogP contribution in [-0.2, 0) is 0 Å². The zero-order chi connectivity index (χ0) is 7.84. The molecule has 0 aliphatic heterocycles. The van der Waals surface area contributed by atoms with E-state index in [1.807, 2.05) is 0 Å². The molecule has 60 valence electrons. The van der Waals surface area contributed by atoms with Gasteiger partial charge < -0.3 is 4.74 Å². The Balaban J connectivity index is 2.38. The summed E-state index contributed by atoms with van der Waals surface area (Å²) in [6.07, 6.45) is 4.26. The average molecular weight is 217 g/mol. The molecule has 0 N–H and O–H groups in total. The standard InChI is InChI=1S/C7H9BrN2O/c1-11-7-9-4-6(8)10(7)5-2-3-5/h4-5H,2-3H2,1H3. The van der Waals surface area contributed by atoms with Crippen molar-refractivity contribution in [3.63, 3.8) is 0 Å². The first-order valence-corrected chi connectivity index (χ1v) is 4.39. The van der Waals surface area contributed by atoms with Gasteiger partial charge in [0, 0.05) is 6.04 Å². The van der Waals surface area contributed by atoms with Crippen molar-refractivity contribution in [1.29, 1.82) is 0 Å². The predicted molar refractivity (Wildman–Crippen MR) is 44.8 cm³/mol. The van der Waals surface area contributed by atoms with Crippen LogP contribution in [0, 0.1) is 0 Å². The molecule has 1 aliphatic carbocycles. The molecule has 1 saturated carbocycles. The molecule has 0 saturated heterocycles. The first-order valence-electron chi connectivity index (χ1n) is 3.59. The van der Waals surface area contributed by atoms with Crippen LogP contribution in [0.3, 0.4) is 0 Å². The lowest BCUT2D eigenvalue weighted by Gasteiger charge is -2.04. The summed E-state index contributed by atoms with van der Waals surface area (Å²) in [7, 11) is 1.65. The molecule has 11 heavy (non-hydrogen) atoms. The van der Waals surface area contributed by atoms with Crippen LogP contribution in [0.15, 0.2) is 10.8 Å². The van der Waals surface area contributed by atoms with E-state index in [0.717, 1.165) is 4.60 Å². The van der Waals surface area contributed by atoms with E-state index in [1.54, 1.807) is 13.3 Å². The van der Waals surface area contributed by atoms with Gasteiger partial charge in [-0.3, -0.25) is 4.57 Å². The van der Waals surface area contributed by atoms with Crippen LogP contribution < -0.4 is 4.74 Å². The number of halogens is 1. The minimum Gasteiger partial charge on any atom is -0.468 e. The molecule has 1 aliphatic rings. The summed E-state index contributed by atoms with van der Waals surface area (Å²) in [5.74, 6) is 0. The van der Waals surface area contributed by atoms with Crippen molar-refractivity contribution in [3.8, 4) is 6.01 Å². The maximum atomic E-state index is 5.09. The number of aromatic nitrogens is 2. The molecule has 1 aromatic heterocycles. The highest BCUT2D eigenvalue weighted by Gasteiger charge is 2.28. The molecule has 1 heterocycles. The molecule has 0 unspecified atom stereocenters. The normalized spacial score (nSPS) is 16.9. The number of hydrogen-bond acceptors (Lipinski definition) is 2. The SMILES string of the molecule is COc1ncc(Br)n1C1CC1. The molecule has 2 rings (SSSR count). The van der Waals surface area contributed by atoms with Crippen molar-refractivity contribution in [2.75, 3.05) is 7.11 Å². The smallest absolute Gasteiger partial charge is 0.297 e. The number of rotatable bonds is 2. The molecule has 0 amide bonds. The molecule has 4 heteroatoms.